The lowest BCUT2D eigenvalue weighted by Crippen LogP contribution is -2.37. The highest BCUT2D eigenvalue weighted by Gasteiger charge is 2.30. The van der Waals surface area contributed by atoms with Crippen molar-refractivity contribution in [3.8, 4) is 5.75 Å². The van der Waals surface area contributed by atoms with Gasteiger partial charge in [-0.15, -0.1) is 0 Å². The fraction of sp³-hybridized carbons (Fsp3) is 0.300. The molecular formula is C20H18F4N2O3. The van der Waals surface area contributed by atoms with Crippen molar-refractivity contribution in [2.45, 2.75) is 26.4 Å². The summed E-state index contributed by atoms with van der Waals surface area (Å²) in [6.45, 7) is -1.92. The van der Waals surface area contributed by atoms with E-state index in [4.69, 9.17) is 4.84 Å². The van der Waals surface area contributed by atoms with Crippen LogP contribution in [0.25, 0.3) is 0 Å². The first-order valence-corrected chi connectivity index (χ1v) is 8.87. The zero-order valence-corrected chi connectivity index (χ0v) is 15.4. The van der Waals surface area contributed by atoms with Gasteiger partial charge < -0.3 is 9.57 Å². The van der Waals surface area contributed by atoms with E-state index in [9.17, 15) is 22.4 Å². The van der Waals surface area contributed by atoms with Crippen LogP contribution in [0.3, 0.4) is 0 Å². The van der Waals surface area contributed by atoms with E-state index in [1.54, 1.807) is 18.2 Å². The van der Waals surface area contributed by atoms with E-state index in [2.05, 4.69) is 9.89 Å². The minimum Gasteiger partial charge on any atom is -0.434 e. The van der Waals surface area contributed by atoms with Crippen molar-refractivity contribution in [1.29, 1.82) is 0 Å². The molecule has 0 aliphatic heterocycles. The Labute approximate surface area is 164 Å². The molecule has 154 valence electrons. The average molecular weight is 410 g/mol. The quantitative estimate of drug-likeness (QED) is 0.288. The first-order chi connectivity index (χ1) is 13.9. The van der Waals surface area contributed by atoms with Crippen molar-refractivity contribution in [2.24, 2.45) is 11.1 Å². The number of hydrogen-bond acceptors (Lipinski definition) is 4. The van der Waals surface area contributed by atoms with Crippen LogP contribution >= 0.6 is 0 Å². The predicted molar refractivity (Wildman–Crippen MR) is 97.8 cm³/mol. The number of carbonyl (C=O) groups excluding carboxylic acids is 1. The predicted octanol–water partition coefficient (Wildman–Crippen LogP) is 4.71. The molecule has 3 rings (SSSR count). The molecule has 0 heterocycles. The van der Waals surface area contributed by atoms with Crippen molar-refractivity contribution in [3.63, 3.8) is 0 Å². The number of oxime groups is 1. The van der Waals surface area contributed by atoms with Gasteiger partial charge in [-0.1, -0.05) is 23.4 Å². The molecule has 0 N–H and O–H groups in total. The zero-order valence-electron chi connectivity index (χ0n) is 15.4. The molecular weight excluding hydrogens is 392 g/mol. The molecule has 5 nitrogen and oxygen atoms in total. The molecule has 1 fully saturated rings. The standard InChI is InChI=1S/C20H18F4N2O3/c1-12(27)26(14-5-3-2-4-6-14)19(25-28-11-13-7-8-13)17-16(29-20(23)24)10-9-15(21)18(17)22/h2-6,9-10,13,20H,7-8,11H2,1H3. The van der Waals surface area contributed by atoms with Crippen LogP contribution in [0.1, 0.15) is 25.3 Å². The zero-order chi connectivity index (χ0) is 21.0. The molecule has 0 unspecified atom stereocenters. The molecule has 1 amide bonds. The normalized spacial score (nSPS) is 14.1. The first kappa shape index (κ1) is 20.6. The van der Waals surface area contributed by atoms with Gasteiger partial charge in [0.05, 0.1) is 5.69 Å². The molecule has 2 aromatic rings. The fourth-order valence-electron chi connectivity index (χ4n) is 2.65. The summed E-state index contributed by atoms with van der Waals surface area (Å²) < 4.78 is 58.8. The van der Waals surface area contributed by atoms with Crippen molar-refractivity contribution in [2.75, 3.05) is 11.5 Å². The average Bonchev–Trinajstić information content (AvgIpc) is 3.49. The third-order valence-corrected chi connectivity index (χ3v) is 4.20. The number of anilines is 1. The highest BCUT2D eigenvalue weighted by Crippen LogP contribution is 2.31. The van der Waals surface area contributed by atoms with Crippen LogP contribution in [0.15, 0.2) is 47.6 Å². The summed E-state index contributed by atoms with van der Waals surface area (Å²) in [5.74, 6) is -4.30. The molecule has 29 heavy (non-hydrogen) atoms. The van der Waals surface area contributed by atoms with Gasteiger partial charge in [-0.05, 0) is 43.0 Å². The van der Waals surface area contributed by atoms with Gasteiger partial charge in [0, 0.05) is 6.92 Å². The minimum atomic E-state index is -3.30. The van der Waals surface area contributed by atoms with Crippen LogP contribution in [0.4, 0.5) is 23.2 Å². The molecule has 2 aromatic carbocycles. The number of ether oxygens (including phenoxy) is 1. The molecule has 0 saturated heterocycles. The Kier molecular flexibility index (Phi) is 6.36. The van der Waals surface area contributed by atoms with Gasteiger partial charge in [0.25, 0.3) is 0 Å². The summed E-state index contributed by atoms with van der Waals surface area (Å²) in [6, 6.07) is 9.49. The lowest BCUT2D eigenvalue weighted by atomic mass is 10.1. The topological polar surface area (TPSA) is 51.1 Å². The van der Waals surface area contributed by atoms with E-state index < -0.39 is 41.3 Å². The molecule has 0 radical (unpaired) electrons. The number of hydrogen-bond donors (Lipinski definition) is 0. The SMILES string of the molecule is CC(=O)N(C(=NOCC1CC1)c1c(OC(F)F)ccc(F)c1F)c1ccccc1. The lowest BCUT2D eigenvalue weighted by molar-refractivity contribution is -0.115. The number of alkyl halides is 2. The Morgan fingerprint density at radius 1 is 1.17 bits per heavy atom. The number of nitrogens with zero attached hydrogens (tertiary/aromatic N) is 2. The molecule has 1 aliphatic carbocycles. The van der Waals surface area contributed by atoms with Crippen LogP contribution < -0.4 is 9.64 Å². The number of rotatable bonds is 7. The van der Waals surface area contributed by atoms with E-state index in [-0.39, 0.29) is 18.2 Å². The van der Waals surface area contributed by atoms with E-state index >= 15 is 0 Å². The maximum atomic E-state index is 14.7. The first-order valence-electron chi connectivity index (χ1n) is 8.87. The molecule has 1 aliphatic rings. The Bertz CT molecular complexity index is 902. The number of amidine groups is 1. The highest BCUT2D eigenvalue weighted by molar-refractivity contribution is 6.23. The van der Waals surface area contributed by atoms with Gasteiger partial charge >= 0.3 is 6.61 Å². The molecule has 1 saturated carbocycles. The van der Waals surface area contributed by atoms with Crippen LogP contribution in [-0.2, 0) is 9.63 Å². The van der Waals surface area contributed by atoms with Gasteiger partial charge in [-0.3, -0.25) is 9.69 Å². The number of halogens is 4. The maximum absolute atomic E-state index is 14.7. The van der Waals surface area contributed by atoms with Gasteiger partial charge in [-0.2, -0.15) is 8.78 Å². The van der Waals surface area contributed by atoms with Crippen LogP contribution in [0, 0.1) is 17.6 Å². The van der Waals surface area contributed by atoms with E-state index in [1.165, 1.54) is 19.1 Å². The van der Waals surface area contributed by atoms with Crippen molar-refractivity contribution < 1.29 is 31.9 Å². The highest BCUT2D eigenvalue weighted by atomic mass is 19.3. The Hall–Kier alpha value is -3.10. The molecule has 0 atom stereocenters. The summed E-state index contributed by atoms with van der Waals surface area (Å²) in [4.78, 5) is 18.6. The summed E-state index contributed by atoms with van der Waals surface area (Å²) in [6.07, 6.45) is 1.88. The van der Waals surface area contributed by atoms with Crippen LogP contribution in [0.2, 0.25) is 0 Å². The van der Waals surface area contributed by atoms with Crippen LogP contribution in [-0.4, -0.2) is 25.0 Å². The number of benzene rings is 2. The van der Waals surface area contributed by atoms with Crippen molar-refractivity contribution in [3.05, 3.63) is 59.7 Å². The monoisotopic (exact) mass is 410 g/mol. The second-order valence-corrected chi connectivity index (χ2v) is 6.46. The third kappa shape index (κ3) is 5.04. The molecule has 0 aromatic heterocycles. The van der Waals surface area contributed by atoms with Crippen molar-refractivity contribution >= 4 is 17.4 Å². The van der Waals surface area contributed by atoms with Gasteiger partial charge in [-0.25, -0.2) is 8.78 Å². The summed E-state index contributed by atoms with van der Waals surface area (Å²) in [5, 5.41) is 3.83. The number of amides is 1. The Balaban J connectivity index is 2.15. The summed E-state index contributed by atoms with van der Waals surface area (Å²) in [7, 11) is 0. The largest absolute Gasteiger partial charge is 0.434 e. The number of para-hydroxylation sites is 1. The molecule has 0 bridgehead atoms. The van der Waals surface area contributed by atoms with Crippen molar-refractivity contribution in [1.82, 2.24) is 0 Å². The Morgan fingerprint density at radius 2 is 1.86 bits per heavy atom. The van der Waals surface area contributed by atoms with Gasteiger partial charge in [0.2, 0.25) is 5.91 Å². The van der Waals surface area contributed by atoms with E-state index in [0.29, 0.717) is 6.07 Å². The summed E-state index contributed by atoms with van der Waals surface area (Å²) in [5.41, 5.74) is -0.472. The molecule has 9 heteroatoms. The van der Waals surface area contributed by atoms with Gasteiger partial charge in [0.1, 0.15) is 17.9 Å². The maximum Gasteiger partial charge on any atom is 0.387 e. The van der Waals surface area contributed by atoms with Gasteiger partial charge in [0.15, 0.2) is 17.5 Å². The second kappa shape index (κ2) is 8.93. The smallest absolute Gasteiger partial charge is 0.387 e. The minimum absolute atomic E-state index is 0.200. The fourth-order valence-corrected chi connectivity index (χ4v) is 2.65. The molecule has 0 spiro atoms. The van der Waals surface area contributed by atoms with E-state index in [1.807, 2.05) is 0 Å². The Morgan fingerprint density at radius 3 is 2.45 bits per heavy atom. The van der Waals surface area contributed by atoms with Crippen LogP contribution in [0.5, 0.6) is 5.75 Å². The number of carbonyl (C=O) groups is 1. The third-order valence-electron chi connectivity index (χ3n) is 4.20. The summed E-state index contributed by atoms with van der Waals surface area (Å²) >= 11 is 0. The van der Waals surface area contributed by atoms with E-state index in [0.717, 1.165) is 23.8 Å². The lowest BCUT2D eigenvalue weighted by Gasteiger charge is -2.24. The second-order valence-electron chi connectivity index (χ2n) is 6.46.